The maximum Gasteiger partial charge on any atom is 0.307 e. The molecule has 0 atom stereocenters. The molecule has 0 aliphatic carbocycles. The first-order valence-electron chi connectivity index (χ1n) is 8.77. The van der Waals surface area contributed by atoms with Gasteiger partial charge >= 0.3 is 5.91 Å². The Balaban J connectivity index is 1.72. The summed E-state index contributed by atoms with van der Waals surface area (Å²) in [6.07, 6.45) is 2.93. The van der Waals surface area contributed by atoms with Crippen molar-refractivity contribution in [1.82, 2.24) is 5.43 Å². The van der Waals surface area contributed by atoms with Crippen LogP contribution in [0.1, 0.15) is 28.6 Å². The summed E-state index contributed by atoms with van der Waals surface area (Å²) in [6, 6.07) is 14.2. The maximum atomic E-state index is 11.8. The van der Waals surface area contributed by atoms with E-state index < -0.39 is 5.91 Å². The van der Waals surface area contributed by atoms with Gasteiger partial charge in [-0.2, -0.15) is 5.10 Å². The predicted molar refractivity (Wildman–Crippen MR) is 115 cm³/mol. The largest absolute Gasteiger partial charge is 0.490 e. The molecule has 2 aromatic carbocycles. The summed E-state index contributed by atoms with van der Waals surface area (Å²) in [4.78, 5) is 11.8. The van der Waals surface area contributed by atoms with E-state index in [2.05, 4.69) is 26.5 Å². The van der Waals surface area contributed by atoms with Crippen LogP contribution in [0.3, 0.4) is 0 Å². The van der Waals surface area contributed by atoms with Gasteiger partial charge < -0.3 is 13.9 Å². The summed E-state index contributed by atoms with van der Waals surface area (Å²) in [6.45, 7) is 2.73. The molecule has 0 aliphatic rings. The summed E-state index contributed by atoms with van der Waals surface area (Å²) in [5, 5.41) is 4.63. The number of nitrogens with one attached hydrogen (secondary N) is 1. The topological polar surface area (TPSA) is 73.1 Å². The van der Waals surface area contributed by atoms with E-state index in [1.807, 2.05) is 37.3 Å². The zero-order valence-corrected chi connectivity index (χ0v) is 17.9. The van der Waals surface area contributed by atoms with Crippen molar-refractivity contribution in [2.45, 2.75) is 13.5 Å². The number of ether oxygens (including phenoxy) is 2. The number of furan rings is 1. The van der Waals surface area contributed by atoms with Crippen molar-refractivity contribution in [3.05, 3.63) is 81.2 Å². The van der Waals surface area contributed by atoms with Crippen LogP contribution in [0, 0.1) is 0 Å². The number of carbonyl (C=O) groups is 1. The fourth-order valence-corrected chi connectivity index (χ4v) is 3.13. The normalized spacial score (nSPS) is 10.9. The number of amides is 1. The molecule has 3 rings (SSSR count). The highest BCUT2D eigenvalue weighted by atomic mass is 79.9. The Morgan fingerprint density at radius 2 is 2.03 bits per heavy atom. The van der Waals surface area contributed by atoms with Gasteiger partial charge in [-0.05, 0) is 70.4 Å². The molecule has 1 aromatic heterocycles. The number of halogens is 2. The number of hydrogen-bond donors (Lipinski definition) is 1. The van der Waals surface area contributed by atoms with Gasteiger partial charge in [0.15, 0.2) is 17.3 Å². The molecule has 3 aromatic rings. The molecule has 150 valence electrons. The van der Waals surface area contributed by atoms with Crippen LogP contribution in [0.5, 0.6) is 11.5 Å². The van der Waals surface area contributed by atoms with Crippen LogP contribution in [0.4, 0.5) is 0 Å². The molecule has 1 N–H and O–H groups in total. The summed E-state index contributed by atoms with van der Waals surface area (Å²) >= 11 is 9.43. The standard InChI is InChI=1S/C21H18BrClN2O4/c1-2-27-19-11-15(12-24-25-21(26)18-4-3-9-28-18)10-17(22)20(19)29-13-14-5-7-16(23)8-6-14/h3-12H,2,13H2,1H3,(H,25,26)/b24-12-. The van der Waals surface area contributed by atoms with E-state index in [-0.39, 0.29) is 5.76 Å². The first-order chi connectivity index (χ1) is 14.1. The van der Waals surface area contributed by atoms with Gasteiger partial charge in [0.1, 0.15) is 6.61 Å². The Kier molecular flexibility index (Phi) is 7.32. The summed E-state index contributed by atoms with van der Waals surface area (Å²) in [5.74, 6) is 0.899. The molecule has 1 heterocycles. The Morgan fingerprint density at radius 1 is 1.24 bits per heavy atom. The lowest BCUT2D eigenvalue weighted by molar-refractivity contribution is 0.0927. The third kappa shape index (κ3) is 5.85. The lowest BCUT2D eigenvalue weighted by Gasteiger charge is -2.14. The molecule has 0 fully saturated rings. The monoisotopic (exact) mass is 476 g/mol. The van der Waals surface area contributed by atoms with Crippen molar-refractivity contribution in [2.75, 3.05) is 6.61 Å². The zero-order chi connectivity index (χ0) is 20.6. The minimum atomic E-state index is -0.432. The second kappa shape index (κ2) is 10.1. The molecular formula is C21H18BrClN2O4. The highest BCUT2D eigenvalue weighted by molar-refractivity contribution is 9.10. The molecule has 1 amide bonds. The number of rotatable bonds is 8. The smallest absolute Gasteiger partial charge is 0.307 e. The number of benzene rings is 2. The van der Waals surface area contributed by atoms with E-state index in [4.69, 9.17) is 25.5 Å². The molecule has 0 spiro atoms. The highest BCUT2D eigenvalue weighted by Gasteiger charge is 2.13. The molecule has 0 radical (unpaired) electrons. The molecule has 6 nitrogen and oxygen atoms in total. The third-order valence-corrected chi connectivity index (χ3v) is 4.59. The van der Waals surface area contributed by atoms with Gasteiger partial charge in [-0.3, -0.25) is 4.79 Å². The van der Waals surface area contributed by atoms with Crippen LogP contribution in [0.15, 0.2) is 68.8 Å². The molecular weight excluding hydrogens is 460 g/mol. The second-order valence-electron chi connectivity index (χ2n) is 5.85. The van der Waals surface area contributed by atoms with Gasteiger partial charge in [0.25, 0.3) is 0 Å². The van der Waals surface area contributed by atoms with Crippen LogP contribution in [-0.2, 0) is 6.61 Å². The Labute approximate surface area is 181 Å². The van der Waals surface area contributed by atoms with E-state index in [0.29, 0.717) is 34.2 Å². The van der Waals surface area contributed by atoms with Crippen LogP contribution < -0.4 is 14.9 Å². The average molecular weight is 478 g/mol. The summed E-state index contributed by atoms with van der Waals surface area (Å²) in [7, 11) is 0. The lowest BCUT2D eigenvalue weighted by Crippen LogP contribution is -2.16. The van der Waals surface area contributed by atoms with Gasteiger partial charge in [0, 0.05) is 5.02 Å². The van der Waals surface area contributed by atoms with Gasteiger partial charge in [0.05, 0.1) is 23.6 Å². The minimum absolute atomic E-state index is 0.185. The Morgan fingerprint density at radius 3 is 2.72 bits per heavy atom. The van der Waals surface area contributed by atoms with Crippen LogP contribution in [-0.4, -0.2) is 18.7 Å². The van der Waals surface area contributed by atoms with E-state index in [0.717, 1.165) is 11.1 Å². The second-order valence-corrected chi connectivity index (χ2v) is 7.15. The van der Waals surface area contributed by atoms with Crippen molar-refractivity contribution in [3.8, 4) is 11.5 Å². The van der Waals surface area contributed by atoms with Crippen molar-refractivity contribution < 1.29 is 18.7 Å². The Bertz CT molecular complexity index is 989. The predicted octanol–water partition coefficient (Wildman–Crippen LogP) is 5.44. The van der Waals surface area contributed by atoms with Gasteiger partial charge in [-0.1, -0.05) is 23.7 Å². The molecule has 8 heteroatoms. The lowest BCUT2D eigenvalue weighted by atomic mass is 10.2. The van der Waals surface area contributed by atoms with Crippen LogP contribution >= 0.6 is 27.5 Å². The molecule has 0 saturated heterocycles. The number of carbonyl (C=O) groups excluding carboxylic acids is 1. The van der Waals surface area contributed by atoms with E-state index in [1.165, 1.54) is 12.5 Å². The Hall–Kier alpha value is -2.77. The molecule has 0 saturated carbocycles. The van der Waals surface area contributed by atoms with Gasteiger partial charge in [-0.15, -0.1) is 0 Å². The van der Waals surface area contributed by atoms with Crippen molar-refractivity contribution in [2.24, 2.45) is 5.10 Å². The maximum absolute atomic E-state index is 11.8. The van der Waals surface area contributed by atoms with E-state index in [1.54, 1.807) is 18.2 Å². The fraction of sp³-hybridized carbons (Fsp3) is 0.143. The first-order valence-corrected chi connectivity index (χ1v) is 9.94. The van der Waals surface area contributed by atoms with Crippen molar-refractivity contribution in [3.63, 3.8) is 0 Å². The van der Waals surface area contributed by atoms with Gasteiger partial charge in [-0.25, -0.2) is 5.43 Å². The van der Waals surface area contributed by atoms with Crippen LogP contribution in [0.25, 0.3) is 0 Å². The van der Waals surface area contributed by atoms with E-state index >= 15 is 0 Å². The third-order valence-electron chi connectivity index (χ3n) is 3.75. The molecule has 29 heavy (non-hydrogen) atoms. The van der Waals surface area contributed by atoms with Crippen molar-refractivity contribution in [1.29, 1.82) is 0 Å². The quantitative estimate of drug-likeness (QED) is 0.346. The zero-order valence-electron chi connectivity index (χ0n) is 15.5. The highest BCUT2D eigenvalue weighted by Crippen LogP contribution is 2.37. The molecule has 0 unspecified atom stereocenters. The first kappa shape index (κ1) is 21.0. The summed E-state index contributed by atoms with van der Waals surface area (Å²) < 4.78 is 17.4. The number of hydrazone groups is 1. The molecule has 0 bridgehead atoms. The summed E-state index contributed by atoms with van der Waals surface area (Å²) in [5.41, 5.74) is 4.11. The van der Waals surface area contributed by atoms with Crippen molar-refractivity contribution >= 4 is 39.7 Å². The number of hydrogen-bond acceptors (Lipinski definition) is 5. The van der Waals surface area contributed by atoms with E-state index in [9.17, 15) is 4.79 Å². The minimum Gasteiger partial charge on any atom is -0.490 e. The molecule has 0 aliphatic heterocycles. The van der Waals surface area contributed by atoms with Gasteiger partial charge in [0.2, 0.25) is 0 Å². The fourth-order valence-electron chi connectivity index (χ4n) is 2.43. The average Bonchev–Trinajstić information content (AvgIpc) is 3.24. The number of nitrogens with zero attached hydrogens (tertiary/aromatic N) is 1. The van der Waals surface area contributed by atoms with Crippen LogP contribution in [0.2, 0.25) is 5.02 Å². The SMILES string of the molecule is CCOc1cc(/C=N\NC(=O)c2ccco2)cc(Br)c1OCc1ccc(Cl)cc1.